The molecule has 6 nitrogen and oxygen atoms in total. The van der Waals surface area contributed by atoms with Crippen molar-refractivity contribution in [1.29, 1.82) is 0 Å². The van der Waals surface area contributed by atoms with Crippen LogP contribution in [0.25, 0.3) is 0 Å². The lowest BCUT2D eigenvalue weighted by molar-refractivity contribution is 0.174. The minimum Gasteiger partial charge on any atom is -0.454 e. The number of nitrogens with zero attached hydrogens (tertiary/aromatic N) is 1. The number of ether oxygens (including phenoxy) is 2. The largest absolute Gasteiger partial charge is 0.454 e. The molecule has 0 atom stereocenters. The molecule has 1 N–H and O–H groups in total. The summed E-state index contributed by atoms with van der Waals surface area (Å²) in [5.74, 6) is 0.872. The molecule has 0 fully saturated rings. The summed E-state index contributed by atoms with van der Waals surface area (Å²) in [4.78, 5) is 3.61. The third-order valence-corrected chi connectivity index (χ3v) is 4.88. The number of rotatable bonds is 3. The maximum absolute atomic E-state index is 12.3. The zero-order valence-corrected chi connectivity index (χ0v) is 12.7. The van der Waals surface area contributed by atoms with Gasteiger partial charge >= 0.3 is 0 Å². The molecule has 2 heterocycles. The van der Waals surface area contributed by atoms with E-state index >= 15 is 0 Å². The van der Waals surface area contributed by atoms with Crippen LogP contribution in [0, 0.1) is 0 Å². The first kappa shape index (κ1) is 14.2. The van der Waals surface area contributed by atoms with Gasteiger partial charge in [0.2, 0.25) is 6.79 Å². The summed E-state index contributed by atoms with van der Waals surface area (Å²) in [7, 11) is -3.91. The number of nitrogens with one attached hydrogen (secondary N) is 1. The smallest absolute Gasteiger partial charge is 0.264 e. The van der Waals surface area contributed by atoms with Gasteiger partial charge in [0, 0.05) is 24.5 Å². The maximum atomic E-state index is 12.3. The number of aromatic nitrogens is 1. The molecule has 1 aromatic carbocycles. The highest BCUT2D eigenvalue weighted by molar-refractivity contribution is 7.92. The Labute approximate surface area is 130 Å². The molecule has 3 rings (SSSR count). The van der Waals surface area contributed by atoms with Crippen molar-refractivity contribution in [2.75, 3.05) is 11.5 Å². The zero-order valence-electron chi connectivity index (χ0n) is 10.3. The summed E-state index contributed by atoms with van der Waals surface area (Å²) in [6.07, 6.45) is 2.56. The number of pyridine rings is 1. The summed E-state index contributed by atoms with van der Waals surface area (Å²) in [5, 5.41) is 0.247. The summed E-state index contributed by atoms with van der Waals surface area (Å²) in [6, 6.07) is 4.32. The topological polar surface area (TPSA) is 77.5 Å². The van der Waals surface area contributed by atoms with Gasteiger partial charge in [-0.05, 0) is 6.07 Å². The predicted molar refractivity (Wildman–Crippen MR) is 77.6 cm³/mol. The van der Waals surface area contributed by atoms with Crippen molar-refractivity contribution in [3.8, 4) is 11.5 Å². The van der Waals surface area contributed by atoms with Crippen LogP contribution < -0.4 is 14.2 Å². The normalized spacial score (nSPS) is 13.2. The SMILES string of the molecule is O=S(=O)(Nc1cc2c(cc1Cl)OCO2)c1cnccc1Cl. The molecule has 0 radical (unpaired) electrons. The minimum absolute atomic E-state index is 0.0642. The van der Waals surface area contributed by atoms with E-state index in [1.54, 1.807) is 0 Å². The lowest BCUT2D eigenvalue weighted by Crippen LogP contribution is -2.14. The Morgan fingerprint density at radius 3 is 2.57 bits per heavy atom. The number of fused-ring (bicyclic) bond motifs is 1. The number of sulfonamides is 1. The summed E-state index contributed by atoms with van der Waals surface area (Å²) in [5.41, 5.74) is 0.167. The van der Waals surface area contributed by atoms with Crippen molar-refractivity contribution < 1.29 is 17.9 Å². The van der Waals surface area contributed by atoms with E-state index in [-0.39, 0.29) is 27.4 Å². The Kier molecular flexibility index (Phi) is 3.56. The molecule has 0 amide bonds. The van der Waals surface area contributed by atoms with E-state index in [0.717, 1.165) is 6.20 Å². The van der Waals surface area contributed by atoms with Crippen LogP contribution in [0.4, 0.5) is 5.69 Å². The molecule has 0 bridgehead atoms. The zero-order chi connectivity index (χ0) is 15.0. The second-order valence-corrected chi connectivity index (χ2v) is 6.56. The van der Waals surface area contributed by atoms with Crippen molar-refractivity contribution in [3.63, 3.8) is 0 Å². The van der Waals surface area contributed by atoms with Crippen LogP contribution in [-0.4, -0.2) is 20.2 Å². The quantitative estimate of drug-likeness (QED) is 0.924. The third-order valence-electron chi connectivity index (χ3n) is 2.73. The standard InChI is InChI=1S/C12H8Cl2N2O4S/c13-7-1-2-15-5-12(7)21(17,18)16-9-4-11-10(3-8(9)14)19-6-20-11/h1-5,16H,6H2. The highest BCUT2D eigenvalue weighted by Gasteiger charge is 2.22. The Morgan fingerprint density at radius 2 is 1.86 bits per heavy atom. The number of anilines is 1. The van der Waals surface area contributed by atoms with Gasteiger partial charge in [0.1, 0.15) is 4.90 Å². The number of halogens is 2. The van der Waals surface area contributed by atoms with Gasteiger partial charge in [0.25, 0.3) is 10.0 Å². The highest BCUT2D eigenvalue weighted by atomic mass is 35.5. The van der Waals surface area contributed by atoms with E-state index in [9.17, 15) is 8.42 Å². The van der Waals surface area contributed by atoms with Crippen molar-refractivity contribution in [2.24, 2.45) is 0 Å². The van der Waals surface area contributed by atoms with Crippen LogP contribution in [0.2, 0.25) is 10.0 Å². The van der Waals surface area contributed by atoms with Crippen molar-refractivity contribution in [1.82, 2.24) is 4.98 Å². The molecule has 1 aromatic heterocycles. The van der Waals surface area contributed by atoms with Gasteiger partial charge in [-0.2, -0.15) is 0 Å². The van der Waals surface area contributed by atoms with Crippen molar-refractivity contribution in [2.45, 2.75) is 4.90 Å². The lowest BCUT2D eigenvalue weighted by atomic mass is 10.3. The van der Waals surface area contributed by atoms with Crippen molar-refractivity contribution in [3.05, 3.63) is 40.6 Å². The molecular formula is C12H8Cl2N2O4S. The van der Waals surface area contributed by atoms with E-state index < -0.39 is 10.0 Å². The second-order valence-electron chi connectivity index (χ2n) is 4.10. The number of benzene rings is 1. The van der Waals surface area contributed by atoms with Gasteiger partial charge in [0.05, 0.1) is 15.7 Å². The molecule has 0 saturated carbocycles. The fraction of sp³-hybridized carbons (Fsp3) is 0.0833. The predicted octanol–water partition coefficient (Wildman–Crippen LogP) is 2.92. The van der Waals surface area contributed by atoms with Crippen LogP contribution in [-0.2, 0) is 10.0 Å². The van der Waals surface area contributed by atoms with Crippen LogP contribution >= 0.6 is 23.2 Å². The first-order valence-corrected chi connectivity index (χ1v) is 7.93. The first-order chi connectivity index (χ1) is 9.97. The highest BCUT2D eigenvalue weighted by Crippen LogP contribution is 2.40. The Balaban J connectivity index is 1.99. The van der Waals surface area contributed by atoms with Gasteiger partial charge in [-0.1, -0.05) is 23.2 Å². The molecule has 0 aliphatic carbocycles. The number of hydrogen-bond donors (Lipinski definition) is 1. The van der Waals surface area contributed by atoms with Gasteiger partial charge in [-0.15, -0.1) is 0 Å². The number of hydrogen-bond acceptors (Lipinski definition) is 5. The first-order valence-electron chi connectivity index (χ1n) is 5.69. The molecule has 9 heteroatoms. The fourth-order valence-corrected chi connectivity index (χ4v) is 3.52. The van der Waals surface area contributed by atoms with E-state index in [1.807, 2.05) is 0 Å². The summed E-state index contributed by atoms with van der Waals surface area (Å²) < 4.78 is 37.3. The average Bonchev–Trinajstić information content (AvgIpc) is 2.86. The van der Waals surface area contributed by atoms with Crippen LogP contribution in [0.15, 0.2) is 35.5 Å². The fourth-order valence-electron chi connectivity index (χ4n) is 1.76. The molecule has 1 aliphatic heterocycles. The molecule has 0 unspecified atom stereocenters. The summed E-state index contributed by atoms with van der Waals surface area (Å²) >= 11 is 11.9. The summed E-state index contributed by atoms with van der Waals surface area (Å²) in [6.45, 7) is 0.0658. The van der Waals surface area contributed by atoms with Crippen LogP contribution in [0.3, 0.4) is 0 Å². The Hall–Kier alpha value is -1.70. The van der Waals surface area contributed by atoms with Crippen LogP contribution in [0.5, 0.6) is 11.5 Å². The Bertz CT molecular complexity index is 811. The van der Waals surface area contributed by atoms with Gasteiger partial charge in [-0.3, -0.25) is 9.71 Å². The second kappa shape index (κ2) is 5.25. The molecule has 2 aromatic rings. The average molecular weight is 347 g/mol. The van der Waals surface area contributed by atoms with Gasteiger partial charge in [-0.25, -0.2) is 8.42 Å². The molecular weight excluding hydrogens is 339 g/mol. The van der Waals surface area contributed by atoms with E-state index in [0.29, 0.717) is 11.5 Å². The van der Waals surface area contributed by atoms with E-state index in [1.165, 1.54) is 24.4 Å². The maximum Gasteiger partial charge on any atom is 0.264 e. The van der Waals surface area contributed by atoms with Gasteiger partial charge < -0.3 is 9.47 Å². The molecule has 1 aliphatic rings. The molecule has 0 saturated heterocycles. The Morgan fingerprint density at radius 1 is 1.14 bits per heavy atom. The molecule has 21 heavy (non-hydrogen) atoms. The van der Waals surface area contributed by atoms with Crippen molar-refractivity contribution >= 4 is 38.9 Å². The van der Waals surface area contributed by atoms with Gasteiger partial charge in [0.15, 0.2) is 11.5 Å². The van der Waals surface area contributed by atoms with E-state index in [2.05, 4.69) is 9.71 Å². The molecule has 0 spiro atoms. The monoisotopic (exact) mass is 346 g/mol. The third kappa shape index (κ3) is 2.72. The molecule has 110 valence electrons. The van der Waals surface area contributed by atoms with E-state index in [4.69, 9.17) is 32.7 Å². The lowest BCUT2D eigenvalue weighted by Gasteiger charge is -2.11. The minimum atomic E-state index is -3.91. The van der Waals surface area contributed by atoms with Crippen LogP contribution in [0.1, 0.15) is 0 Å².